The maximum absolute atomic E-state index is 11.0. The number of halogens is 1. The number of nitrogens with zero attached hydrogens (tertiary/aromatic N) is 1. The lowest BCUT2D eigenvalue weighted by Crippen LogP contribution is -2.49. The molecule has 2 rings (SSSR count). The van der Waals surface area contributed by atoms with Crippen LogP contribution in [0.15, 0.2) is 17.1 Å². The van der Waals surface area contributed by atoms with Crippen molar-refractivity contribution < 1.29 is 0 Å². The summed E-state index contributed by atoms with van der Waals surface area (Å²) in [6.45, 7) is 4.89. The number of hydrogen-bond donors (Lipinski definition) is 2. The summed E-state index contributed by atoms with van der Waals surface area (Å²) in [4.78, 5) is 15.8. The molecule has 0 aromatic carbocycles. The highest BCUT2D eigenvalue weighted by Gasteiger charge is 2.17. The highest BCUT2D eigenvalue weighted by molar-refractivity contribution is 6.33. The van der Waals surface area contributed by atoms with Gasteiger partial charge < -0.3 is 15.2 Å². The minimum absolute atomic E-state index is 0.160. The fourth-order valence-electron chi connectivity index (χ4n) is 1.83. The van der Waals surface area contributed by atoms with Gasteiger partial charge in [-0.1, -0.05) is 11.6 Å². The number of piperazine rings is 1. The second-order valence-corrected chi connectivity index (χ2v) is 4.24. The number of H-pyrrole nitrogens is 1. The van der Waals surface area contributed by atoms with E-state index >= 15 is 0 Å². The van der Waals surface area contributed by atoms with Crippen LogP contribution in [-0.4, -0.2) is 30.7 Å². The lowest BCUT2D eigenvalue weighted by molar-refractivity contribution is 0.484. The van der Waals surface area contributed by atoms with E-state index in [0.29, 0.717) is 11.1 Å². The van der Waals surface area contributed by atoms with Crippen molar-refractivity contribution in [2.24, 2.45) is 0 Å². The van der Waals surface area contributed by atoms with E-state index in [1.807, 2.05) is 0 Å². The largest absolute Gasteiger partial charge is 0.366 e. The zero-order chi connectivity index (χ0) is 10.8. The van der Waals surface area contributed by atoms with Crippen molar-refractivity contribution in [1.29, 1.82) is 0 Å². The van der Waals surface area contributed by atoms with Crippen molar-refractivity contribution in [3.05, 3.63) is 27.6 Å². The third kappa shape index (κ3) is 2.33. The number of aromatic nitrogens is 1. The minimum Gasteiger partial charge on any atom is -0.366 e. The highest BCUT2D eigenvalue weighted by atomic mass is 35.5. The van der Waals surface area contributed by atoms with Gasteiger partial charge in [-0.2, -0.15) is 0 Å². The molecular weight excluding hydrogens is 214 g/mol. The summed E-state index contributed by atoms with van der Waals surface area (Å²) >= 11 is 6.03. The molecule has 4 nitrogen and oxygen atoms in total. The number of anilines is 1. The van der Waals surface area contributed by atoms with Gasteiger partial charge in [0.2, 0.25) is 5.56 Å². The average Bonchev–Trinajstić information content (AvgIpc) is 2.17. The van der Waals surface area contributed by atoms with Crippen LogP contribution in [-0.2, 0) is 0 Å². The van der Waals surface area contributed by atoms with Crippen LogP contribution in [0.3, 0.4) is 0 Å². The third-order valence-corrected chi connectivity index (χ3v) is 2.87. The van der Waals surface area contributed by atoms with Gasteiger partial charge in [-0.15, -0.1) is 0 Å². The van der Waals surface area contributed by atoms with E-state index in [1.54, 1.807) is 6.20 Å². The van der Waals surface area contributed by atoms with Crippen LogP contribution in [0, 0.1) is 0 Å². The van der Waals surface area contributed by atoms with E-state index in [0.717, 1.165) is 25.3 Å². The maximum Gasteiger partial charge on any atom is 0.249 e. The standard InChI is InChI=1S/C10H14ClN3O/c1-7-6-14(3-2-12-7)9-5-13-10(15)4-8(9)11/h4-5,7,12H,2-3,6H2,1H3,(H,13,15)/t7-/m0/s1. The van der Waals surface area contributed by atoms with Gasteiger partial charge >= 0.3 is 0 Å². The number of rotatable bonds is 1. The molecule has 0 spiro atoms. The lowest BCUT2D eigenvalue weighted by atomic mass is 10.2. The van der Waals surface area contributed by atoms with E-state index in [1.165, 1.54) is 6.07 Å². The molecule has 1 fully saturated rings. The predicted octanol–water partition coefficient (Wildman–Crippen LogP) is 0.826. The second kappa shape index (κ2) is 4.24. The van der Waals surface area contributed by atoms with Crippen molar-refractivity contribution in [2.75, 3.05) is 24.5 Å². The molecule has 1 aromatic heterocycles. The maximum atomic E-state index is 11.0. The van der Waals surface area contributed by atoms with Crippen LogP contribution in [0.1, 0.15) is 6.92 Å². The molecule has 0 radical (unpaired) electrons. The van der Waals surface area contributed by atoms with Crippen molar-refractivity contribution in [1.82, 2.24) is 10.3 Å². The molecule has 0 saturated carbocycles. The van der Waals surface area contributed by atoms with E-state index in [9.17, 15) is 4.79 Å². The lowest BCUT2D eigenvalue weighted by Gasteiger charge is -2.33. The molecule has 0 unspecified atom stereocenters. The Morgan fingerprint density at radius 1 is 1.60 bits per heavy atom. The van der Waals surface area contributed by atoms with Crippen LogP contribution in [0.2, 0.25) is 5.02 Å². The smallest absolute Gasteiger partial charge is 0.249 e. The Hall–Kier alpha value is -1.00. The number of pyridine rings is 1. The fraction of sp³-hybridized carbons (Fsp3) is 0.500. The first-order chi connectivity index (χ1) is 7.16. The molecule has 1 aliphatic rings. The van der Waals surface area contributed by atoms with Gasteiger partial charge in [-0.05, 0) is 6.92 Å². The first kappa shape index (κ1) is 10.5. The van der Waals surface area contributed by atoms with Crippen molar-refractivity contribution >= 4 is 17.3 Å². The first-order valence-electron chi connectivity index (χ1n) is 5.03. The van der Waals surface area contributed by atoms with Gasteiger partial charge in [0.1, 0.15) is 0 Å². The van der Waals surface area contributed by atoms with E-state index in [-0.39, 0.29) is 5.56 Å². The SMILES string of the molecule is C[C@H]1CN(c2c[nH]c(=O)cc2Cl)CCN1. The van der Waals surface area contributed by atoms with Gasteiger partial charge in [0, 0.05) is 37.9 Å². The van der Waals surface area contributed by atoms with Crippen molar-refractivity contribution in [3.63, 3.8) is 0 Å². The van der Waals surface area contributed by atoms with Crippen molar-refractivity contribution in [2.45, 2.75) is 13.0 Å². The first-order valence-corrected chi connectivity index (χ1v) is 5.41. The third-order valence-electron chi connectivity index (χ3n) is 2.56. The summed E-state index contributed by atoms with van der Waals surface area (Å²) in [5.74, 6) is 0. The Kier molecular flexibility index (Phi) is 2.98. The van der Waals surface area contributed by atoms with E-state index < -0.39 is 0 Å². The summed E-state index contributed by atoms with van der Waals surface area (Å²) in [6, 6.07) is 1.87. The van der Waals surface area contributed by atoms with Gasteiger partial charge in [0.05, 0.1) is 10.7 Å². The molecule has 82 valence electrons. The molecule has 15 heavy (non-hydrogen) atoms. The molecule has 1 aliphatic heterocycles. The molecule has 0 aliphatic carbocycles. The molecule has 5 heteroatoms. The molecule has 1 saturated heterocycles. The van der Waals surface area contributed by atoms with Crippen LogP contribution in [0.5, 0.6) is 0 Å². The fourth-order valence-corrected chi connectivity index (χ4v) is 2.11. The molecule has 1 atom stereocenters. The summed E-state index contributed by atoms with van der Waals surface area (Å²) in [7, 11) is 0. The summed E-state index contributed by atoms with van der Waals surface area (Å²) in [5.41, 5.74) is 0.747. The predicted molar refractivity (Wildman–Crippen MR) is 61.8 cm³/mol. The Balaban J connectivity index is 2.24. The zero-order valence-corrected chi connectivity index (χ0v) is 9.34. The van der Waals surface area contributed by atoms with Crippen LogP contribution >= 0.6 is 11.6 Å². The zero-order valence-electron chi connectivity index (χ0n) is 8.59. The second-order valence-electron chi connectivity index (χ2n) is 3.83. The Morgan fingerprint density at radius 2 is 2.40 bits per heavy atom. The molecule has 2 N–H and O–H groups in total. The molecule has 0 bridgehead atoms. The van der Waals surface area contributed by atoms with Crippen LogP contribution < -0.4 is 15.8 Å². The topological polar surface area (TPSA) is 48.1 Å². The average molecular weight is 228 g/mol. The van der Waals surface area contributed by atoms with E-state index in [2.05, 4.69) is 22.1 Å². The Labute approximate surface area is 93.2 Å². The normalized spacial score (nSPS) is 21.7. The highest BCUT2D eigenvalue weighted by Crippen LogP contribution is 2.23. The van der Waals surface area contributed by atoms with Crippen molar-refractivity contribution in [3.8, 4) is 0 Å². The molecular formula is C10H14ClN3O. The summed E-state index contributed by atoms with van der Waals surface area (Å²) < 4.78 is 0. The summed E-state index contributed by atoms with van der Waals surface area (Å²) in [5, 5.41) is 3.88. The number of hydrogen-bond acceptors (Lipinski definition) is 3. The summed E-state index contributed by atoms with van der Waals surface area (Å²) in [6.07, 6.45) is 1.68. The monoisotopic (exact) mass is 227 g/mol. The quantitative estimate of drug-likeness (QED) is 0.747. The van der Waals surface area contributed by atoms with Crippen LogP contribution in [0.4, 0.5) is 5.69 Å². The number of aromatic amines is 1. The molecule has 0 amide bonds. The Morgan fingerprint density at radius 3 is 3.07 bits per heavy atom. The Bertz CT molecular complexity index is 404. The molecule has 1 aromatic rings. The van der Waals surface area contributed by atoms with Gasteiger partial charge in [-0.3, -0.25) is 4.79 Å². The minimum atomic E-state index is -0.160. The van der Waals surface area contributed by atoms with Crippen LogP contribution in [0.25, 0.3) is 0 Å². The molecule has 2 heterocycles. The van der Waals surface area contributed by atoms with Gasteiger partial charge in [0.15, 0.2) is 0 Å². The van der Waals surface area contributed by atoms with Gasteiger partial charge in [-0.25, -0.2) is 0 Å². The van der Waals surface area contributed by atoms with Gasteiger partial charge in [0.25, 0.3) is 0 Å². The van der Waals surface area contributed by atoms with E-state index in [4.69, 9.17) is 11.6 Å². The number of nitrogens with one attached hydrogen (secondary N) is 2.